The third-order valence-electron chi connectivity index (χ3n) is 4.00. The fraction of sp³-hybridized carbons (Fsp3) is 0.294. The zero-order valence-corrected chi connectivity index (χ0v) is 15.2. The first-order valence-electron chi connectivity index (χ1n) is 7.83. The van der Waals surface area contributed by atoms with E-state index in [4.69, 9.17) is 27.9 Å². The van der Waals surface area contributed by atoms with Gasteiger partial charge in [-0.15, -0.1) is 0 Å². The van der Waals surface area contributed by atoms with Gasteiger partial charge in [0.25, 0.3) is 0 Å². The number of urea groups is 1. The number of piperazine rings is 1. The zero-order chi connectivity index (χ0) is 17.8. The predicted molar refractivity (Wildman–Crippen MR) is 100 cm³/mol. The fourth-order valence-electron chi connectivity index (χ4n) is 2.71. The van der Waals surface area contributed by atoms with Crippen LogP contribution in [0.5, 0.6) is 5.75 Å². The van der Waals surface area contributed by atoms with Crippen molar-refractivity contribution in [1.82, 2.24) is 9.88 Å². The summed E-state index contributed by atoms with van der Waals surface area (Å²) < 4.78 is 5.26. The molecule has 3 rings (SSSR count). The number of hydrogen-bond donors (Lipinski definition) is 1. The molecule has 0 radical (unpaired) electrons. The molecule has 0 spiro atoms. The van der Waals surface area contributed by atoms with Crippen molar-refractivity contribution in [2.75, 3.05) is 43.5 Å². The summed E-state index contributed by atoms with van der Waals surface area (Å²) >= 11 is 11.7. The van der Waals surface area contributed by atoms with Gasteiger partial charge in [0, 0.05) is 43.6 Å². The van der Waals surface area contributed by atoms with E-state index in [-0.39, 0.29) is 16.3 Å². The molecule has 8 heteroatoms. The van der Waals surface area contributed by atoms with Crippen LogP contribution in [0.1, 0.15) is 0 Å². The lowest BCUT2D eigenvalue weighted by atomic mass is 10.2. The average molecular weight is 381 g/mol. The van der Waals surface area contributed by atoms with E-state index in [1.54, 1.807) is 24.1 Å². The number of amides is 2. The number of nitrogens with zero attached hydrogens (tertiary/aromatic N) is 3. The molecule has 1 aliphatic rings. The number of carbonyl (C=O) groups is 1. The van der Waals surface area contributed by atoms with Crippen LogP contribution < -0.4 is 15.0 Å². The zero-order valence-electron chi connectivity index (χ0n) is 13.7. The van der Waals surface area contributed by atoms with Crippen LogP contribution in [-0.4, -0.2) is 49.2 Å². The van der Waals surface area contributed by atoms with Crippen LogP contribution in [0.4, 0.5) is 16.2 Å². The molecule has 0 bridgehead atoms. The Bertz CT molecular complexity index is 744. The van der Waals surface area contributed by atoms with E-state index < -0.39 is 0 Å². The highest BCUT2D eigenvalue weighted by Gasteiger charge is 2.21. The summed E-state index contributed by atoms with van der Waals surface area (Å²) in [5, 5.41) is 3.29. The minimum absolute atomic E-state index is 0.177. The van der Waals surface area contributed by atoms with Crippen molar-refractivity contribution in [2.45, 2.75) is 0 Å². The van der Waals surface area contributed by atoms with E-state index in [9.17, 15) is 4.79 Å². The Morgan fingerprint density at radius 3 is 2.44 bits per heavy atom. The number of ether oxygens (including phenoxy) is 1. The summed E-state index contributed by atoms with van der Waals surface area (Å²) in [7, 11) is 1.65. The van der Waals surface area contributed by atoms with Gasteiger partial charge in [-0.25, -0.2) is 9.78 Å². The molecule has 2 amide bonds. The van der Waals surface area contributed by atoms with Crippen molar-refractivity contribution in [2.24, 2.45) is 0 Å². The van der Waals surface area contributed by atoms with Gasteiger partial charge in [-0.2, -0.15) is 0 Å². The van der Waals surface area contributed by atoms with Gasteiger partial charge >= 0.3 is 6.03 Å². The summed E-state index contributed by atoms with van der Waals surface area (Å²) in [4.78, 5) is 20.3. The molecule has 1 aromatic heterocycles. The molecule has 1 saturated heterocycles. The van der Waals surface area contributed by atoms with Crippen LogP contribution in [0, 0.1) is 0 Å². The molecular weight excluding hydrogens is 363 g/mol. The molecule has 0 atom stereocenters. The first kappa shape index (κ1) is 17.6. The number of aromatic nitrogens is 1. The number of nitrogens with one attached hydrogen (secondary N) is 1. The maximum Gasteiger partial charge on any atom is 0.321 e. The normalized spacial score (nSPS) is 14.4. The Morgan fingerprint density at radius 1 is 1.12 bits per heavy atom. The second-order valence-corrected chi connectivity index (χ2v) is 6.38. The van der Waals surface area contributed by atoms with Gasteiger partial charge in [0.05, 0.1) is 7.11 Å². The third-order valence-corrected chi connectivity index (χ3v) is 4.39. The lowest BCUT2D eigenvalue weighted by Crippen LogP contribution is -2.50. The highest BCUT2D eigenvalue weighted by atomic mass is 35.5. The Hall–Kier alpha value is -2.18. The molecule has 2 aromatic rings. The van der Waals surface area contributed by atoms with E-state index in [0.29, 0.717) is 18.8 Å². The summed E-state index contributed by atoms with van der Waals surface area (Å²) in [5.41, 5.74) is 1.62. The summed E-state index contributed by atoms with van der Waals surface area (Å²) in [6, 6.07) is 10.9. The van der Waals surface area contributed by atoms with Crippen LogP contribution in [0.25, 0.3) is 0 Å². The van der Waals surface area contributed by atoms with Crippen molar-refractivity contribution in [3.05, 3.63) is 46.7 Å². The lowest BCUT2D eigenvalue weighted by Gasteiger charge is -2.36. The number of halogens is 2. The largest absolute Gasteiger partial charge is 0.497 e. The molecule has 2 heterocycles. The number of pyridine rings is 1. The molecule has 6 nitrogen and oxygen atoms in total. The monoisotopic (exact) mass is 380 g/mol. The minimum Gasteiger partial charge on any atom is -0.497 e. The Balaban J connectivity index is 1.58. The average Bonchev–Trinajstić information content (AvgIpc) is 2.61. The Labute approximate surface area is 156 Å². The fourth-order valence-corrected chi connectivity index (χ4v) is 3.17. The van der Waals surface area contributed by atoms with Gasteiger partial charge in [0.1, 0.15) is 16.1 Å². The first-order chi connectivity index (χ1) is 12.0. The van der Waals surface area contributed by atoms with Crippen LogP contribution in [0.3, 0.4) is 0 Å². The standard InChI is InChI=1S/C17H18Cl2N4O2/c1-25-14-4-2-3-13(11-14)22-5-7-23(8-6-22)17(24)20-12-9-15(18)21-16(19)10-12/h2-4,9-11H,5-8H2,1H3,(H,20,21,24). The highest BCUT2D eigenvalue weighted by molar-refractivity contribution is 6.32. The number of anilines is 2. The molecular formula is C17H18Cl2N4O2. The molecule has 1 aliphatic heterocycles. The van der Waals surface area contributed by atoms with Gasteiger partial charge in [0.2, 0.25) is 0 Å². The Kier molecular flexibility index (Phi) is 5.50. The van der Waals surface area contributed by atoms with Gasteiger partial charge < -0.3 is 19.9 Å². The van der Waals surface area contributed by atoms with E-state index in [1.165, 1.54) is 0 Å². The van der Waals surface area contributed by atoms with Gasteiger partial charge in [-0.1, -0.05) is 29.3 Å². The van der Waals surface area contributed by atoms with E-state index in [1.807, 2.05) is 24.3 Å². The summed E-state index contributed by atoms with van der Waals surface area (Å²) in [6.45, 7) is 2.74. The van der Waals surface area contributed by atoms with Crippen molar-refractivity contribution in [3.8, 4) is 5.75 Å². The smallest absolute Gasteiger partial charge is 0.321 e. The number of benzene rings is 1. The van der Waals surface area contributed by atoms with Crippen LogP contribution >= 0.6 is 23.2 Å². The minimum atomic E-state index is -0.177. The topological polar surface area (TPSA) is 57.7 Å². The number of hydrogen-bond acceptors (Lipinski definition) is 4. The van der Waals surface area contributed by atoms with Gasteiger partial charge in [0.15, 0.2) is 0 Å². The van der Waals surface area contributed by atoms with E-state index in [0.717, 1.165) is 24.5 Å². The second kappa shape index (κ2) is 7.80. The first-order valence-corrected chi connectivity index (χ1v) is 8.59. The predicted octanol–water partition coefficient (Wildman–Crippen LogP) is 3.75. The Morgan fingerprint density at radius 2 is 1.80 bits per heavy atom. The maximum absolute atomic E-state index is 12.4. The van der Waals surface area contributed by atoms with Crippen molar-refractivity contribution >= 4 is 40.6 Å². The number of carbonyl (C=O) groups excluding carboxylic acids is 1. The maximum atomic E-state index is 12.4. The van der Waals surface area contributed by atoms with Gasteiger partial charge in [-0.05, 0) is 24.3 Å². The number of methoxy groups -OCH3 is 1. The van der Waals surface area contributed by atoms with Crippen LogP contribution in [-0.2, 0) is 0 Å². The van der Waals surface area contributed by atoms with Crippen LogP contribution in [0.2, 0.25) is 10.3 Å². The SMILES string of the molecule is COc1cccc(N2CCN(C(=O)Nc3cc(Cl)nc(Cl)c3)CC2)c1. The third kappa shape index (κ3) is 4.46. The summed E-state index contributed by atoms with van der Waals surface area (Å²) in [5.74, 6) is 0.823. The number of rotatable bonds is 3. The molecule has 1 fully saturated rings. The van der Waals surface area contributed by atoms with E-state index in [2.05, 4.69) is 15.2 Å². The van der Waals surface area contributed by atoms with E-state index >= 15 is 0 Å². The molecule has 132 valence electrons. The van der Waals surface area contributed by atoms with Crippen molar-refractivity contribution in [1.29, 1.82) is 0 Å². The van der Waals surface area contributed by atoms with Crippen molar-refractivity contribution in [3.63, 3.8) is 0 Å². The van der Waals surface area contributed by atoms with Crippen molar-refractivity contribution < 1.29 is 9.53 Å². The molecule has 1 N–H and O–H groups in total. The molecule has 0 aliphatic carbocycles. The highest BCUT2D eigenvalue weighted by Crippen LogP contribution is 2.23. The lowest BCUT2D eigenvalue weighted by molar-refractivity contribution is 0.208. The van der Waals surface area contributed by atoms with Gasteiger partial charge in [-0.3, -0.25) is 0 Å². The molecule has 25 heavy (non-hydrogen) atoms. The second-order valence-electron chi connectivity index (χ2n) is 5.61. The summed E-state index contributed by atoms with van der Waals surface area (Å²) in [6.07, 6.45) is 0. The van der Waals surface area contributed by atoms with Crippen LogP contribution in [0.15, 0.2) is 36.4 Å². The molecule has 0 saturated carbocycles. The molecule has 0 unspecified atom stereocenters. The quantitative estimate of drug-likeness (QED) is 0.823. The molecule has 1 aromatic carbocycles.